The normalized spacial score (nSPS) is 31.9. The second-order valence-corrected chi connectivity index (χ2v) is 6.04. The van der Waals surface area contributed by atoms with E-state index in [1.165, 1.54) is 0 Å². The standard InChI is InChI=1S/2C7H16N2.4ClH/c2*1-6-4-8-5-7(2)9(6)3;;;;/h2*6-8H,4-5H2,1-3H3;4*1H/t2*6-,7-;;;;/m10..../s1. The summed E-state index contributed by atoms with van der Waals surface area (Å²) < 4.78 is 0. The van der Waals surface area contributed by atoms with Crippen molar-refractivity contribution >= 4 is 49.6 Å². The lowest BCUT2D eigenvalue weighted by molar-refractivity contribution is 0.152. The highest BCUT2D eigenvalue weighted by atomic mass is 35.5. The zero-order chi connectivity index (χ0) is 13.7. The van der Waals surface area contributed by atoms with Gasteiger partial charge in [-0.1, -0.05) is 0 Å². The number of likely N-dealkylation sites (N-methyl/N-ethyl adjacent to an activating group) is 2. The molecule has 4 atom stereocenters. The molecule has 4 nitrogen and oxygen atoms in total. The van der Waals surface area contributed by atoms with Gasteiger partial charge in [0.2, 0.25) is 0 Å². The van der Waals surface area contributed by atoms with Crippen LogP contribution in [0, 0.1) is 0 Å². The highest BCUT2D eigenvalue weighted by Crippen LogP contribution is 2.05. The van der Waals surface area contributed by atoms with E-state index in [1.54, 1.807) is 0 Å². The minimum Gasteiger partial charge on any atom is -0.314 e. The Morgan fingerprint density at radius 3 is 0.864 bits per heavy atom. The van der Waals surface area contributed by atoms with Crippen LogP contribution >= 0.6 is 49.6 Å². The van der Waals surface area contributed by atoms with Gasteiger partial charge in [-0.05, 0) is 41.8 Å². The molecule has 2 N–H and O–H groups in total. The molecule has 0 unspecified atom stereocenters. The molecular formula is C14H36Cl4N4. The molecule has 8 heteroatoms. The fraction of sp³-hybridized carbons (Fsp3) is 1.00. The number of hydrogen-bond donors (Lipinski definition) is 2. The van der Waals surface area contributed by atoms with Crippen molar-refractivity contribution in [3.8, 4) is 0 Å². The minimum absolute atomic E-state index is 0. The molecule has 2 fully saturated rings. The van der Waals surface area contributed by atoms with Gasteiger partial charge in [-0.3, -0.25) is 9.80 Å². The van der Waals surface area contributed by atoms with Crippen LogP contribution in [0.4, 0.5) is 0 Å². The zero-order valence-corrected chi connectivity index (χ0v) is 17.9. The van der Waals surface area contributed by atoms with E-state index in [0.717, 1.165) is 26.2 Å². The molecule has 0 amide bonds. The Morgan fingerprint density at radius 2 is 0.727 bits per heavy atom. The summed E-state index contributed by atoms with van der Waals surface area (Å²) in [5, 5.41) is 6.75. The molecule has 0 aromatic carbocycles. The average molecular weight is 402 g/mol. The van der Waals surface area contributed by atoms with Gasteiger partial charge < -0.3 is 10.6 Å². The van der Waals surface area contributed by atoms with E-state index in [1.807, 2.05) is 0 Å². The zero-order valence-electron chi connectivity index (χ0n) is 14.7. The summed E-state index contributed by atoms with van der Waals surface area (Å²) in [6, 6.07) is 2.81. The first kappa shape index (κ1) is 30.8. The molecule has 2 saturated heterocycles. The fourth-order valence-corrected chi connectivity index (χ4v) is 2.45. The molecule has 0 bridgehead atoms. The van der Waals surface area contributed by atoms with Gasteiger partial charge in [0.15, 0.2) is 0 Å². The Kier molecular flexibility index (Phi) is 21.8. The number of hydrogen-bond acceptors (Lipinski definition) is 4. The molecule has 0 saturated carbocycles. The van der Waals surface area contributed by atoms with Crippen molar-refractivity contribution in [3.63, 3.8) is 0 Å². The molecule has 2 aliphatic rings. The summed E-state index contributed by atoms with van der Waals surface area (Å²) in [4.78, 5) is 4.83. The number of nitrogens with one attached hydrogen (secondary N) is 2. The number of rotatable bonds is 0. The third-order valence-electron chi connectivity index (χ3n) is 4.54. The molecule has 140 valence electrons. The van der Waals surface area contributed by atoms with Gasteiger partial charge in [0.25, 0.3) is 0 Å². The predicted molar refractivity (Wildman–Crippen MR) is 108 cm³/mol. The van der Waals surface area contributed by atoms with E-state index in [-0.39, 0.29) is 49.6 Å². The number of halogens is 4. The van der Waals surface area contributed by atoms with Crippen LogP contribution in [-0.4, -0.2) is 74.2 Å². The Hall–Kier alpha value is 1.00. The van der Waals surface area contributed by atoms with Crippen molar-refractivity contribution < 1.29 is 0 Å². The van der Waals surface area contributed by atoms with E-state index in [2.05, 4.69) is 62.2 Å². The summed E-state index contributed by atoms with van der Waals surface area (Å²) in [6.45, 7) is 13.6. The van der Waals surface area contributed by atoms with E-state index in [4.69, 9.17) is 0 Å². The Bertz CT molecular complexity index is 205. The van der Waals surface area contributed by atoms with Gasteiger partial charge in [0.1, 0.15) is 0 Å². The maximum Gasteiger partial charge on any atom is 0.0192 e. The molecule has 0 radical (unpaired) electrons. The summed E-state index contributed by atoms with van der Waals surface area (Å²) in [5.41, 5.74) is 0. The van der Waals surface area contributed by atoms with E-state index in [9.17, 15) is 0 Å². The first-order valence-electron chi connectivity index (χ1n) is 7.28. The summed E-state index contributed by atoms with van der Waals surface area (Å²) >= 11 is 0. The third-order valence-corrected chi connectivity index (χ3v) is 4.54. The van der Waals surface area contributed by atoms with Crippen molar-refractivity contribution in [1.29, 1.82) is 0 Å². The maximum atomic E-state index is 3.37. The number of piperazine rings is 2. The van der Waals surface area contributed by atoms with Crippen LogP contribution in [-0.2, 0) is 0 Å². The smallest absolute Gasteiger partial charge is 0.0192 e. The molecule has 2 rings (SSSR count). The molecule has 2 aliphatic heterocycles. The van der Waals surface area contributed by atoms with Gasteiger partial charge >= 0.3 is 0 Å². The maximum absolute atomic E-state index is 3.37. The predicted octanol–water partition coefficient (Wildman–Crippen LogP) is 2.28. The van der Waals surface area contributed by atoms with Crippen LogP contribution in [0.15, 0.2) is 0 Å². The minimum atomic E-state index is 0. The third kappa shape index (κ3) is 9.99. The monoisotopic (exact) mass is 400 g/mol. The lowest BCUT2D eigenvalue weighted by atomic mass is 10.1. The van der Waals surface area contributed by atoms with E-state index in [0.29, 0.717) is 24.2 Å². The van der Waals surface area contributed by atoms with Crippen LogP contribution in [0.2, 0.25) is 0 Å². The quantitative estimate of drug-likeness (QED) is 0.651. The van der Waals surface area contributed by atoms with Crippen LogP contribution in [0.25, 0.3) is 0 Å². The highest BCUT2D eigenvalue weighted by Gasteiger charge is 2.20. The lowest BCUT2D eigenvalue weighted by Gasteiger charge is -2.36. The summed E-state index contributed by atoms with van der Waals surface area (Å²) in [6.07, 6.45) is 0. The van der Waals surface area contributed by atoms with Crippen molar-refractivity contribution in [2.75, 3.05) is 40.3 Å². The van der Waals surface area contributed by atoms with Crippen LogP contribution < -0.4 is 10.6 Å². The summed E-state index contributed by atoms with van der Waals surface area (Å²) in [7, 11) is 4.38. The Labute approximate surface area is 162 Å². The van der Waals surface area contributed by atoms with Gasteiger partial charge in [-0.2, -0.15) is 0 Å². The molecule has 0 aromatic heterocycles. The average Bonchev–Trinajstić information content (AvgIpc) is 2.34. The van der Waals surface area contributed by atoms with Crippen LogP contribution in [0.1, 0.15) is 27.7 Å². The topological polar surface area (TPSA) is 30.5 Å². The van der Waals surface area contributed by atoms with Crippen LogP contribution in [0.5, 0.6) is 0 Å². The van der Waals surface area contributed by atoms with Crippen LogP contribution in [0.3, 0.4) is 0 Å². The van der Waals surface area contributed by atoms with Crippen molar-refractivity contribution in [2.45, 2.75) is 51.9 Å². The summed E-state index contributed by atoms with van der Waals surface area (Å²) in [5.74, 6) is 0. The first-order chi connectivity index (χ1) is 8.43. The highest BCUT2D eigenvalue weighted by molar-refractivity contribution is 5.86. The molecule has 2 heterocycles. The molecule has 22 heavy (non-hydrogen) atoms. The van der Waals surface area contributed by atoms with Gasteiger partial charge in [-0.25, -0.2) is 0 Å². The Morgan fingerprint density at radius 1 is 0.545 bits per heavy atom. The second-order valence-electron chi connectivity index (χ2n) is 6.04. The largest absolute Gasteiger partial charge is 0.314 e. The van der Waals surface area contributed by atoms with Crippen molar-refractivity contribution in [3.05, 3.63) is 0 Å². The lowest BCUT2D eigenvalue weighted by Crippen LogP contribution is -2.52. The molecular weight excluding hydrogens is 366 g/mol. The van der Waals surface area contributed by atoms with Crippen molar-refractivity contribution in [2.24, 2.45) is 0 Å². The Balaban J connectivity index is -0.000000125. The molecule has 0 spiro atoms. The molecule has 0 aromatic rings. The van der Waals surface area contributed by atoms with Gasteiger partial charge in [-0.15, -0.1) is 49.6 Å². The second kappa shape index (κ2) is 15.5. The van der Waals surface area contributed by atoms with E-state index >= 15 is 0 Å². The van der Waals surface area contributed by atoms with Gasteiger partial charge in [0.05, 0.1) is 0 Å². The number of nitrogens with zero attached hydrogens (tertiary/aromatic N) is 2. The SMILES string of the molecule is C[C@@H]1CNC[C@@H](C)N1C.C[C@H]1CNC[C@H](C)N1C.Cl.Cl.Cl.Cl. The molecule has 0 aliphatic carbocycles. The van der Waals surface area contributed by atoms with Crippen molar-refractivity contribution in [1.82, 2.24) is 20.4 Å². The van der Waals surface area contributed by atoms with Gasteiger partial charge in [0, 0.05) is 50.3 Å². The fourth-order valence-electron chi connectivity index (χ4n) is 2.45. The first-order valence-corrected chi connectivity index (χ1v) is 7.28. The van der Waals surface area contributed by atoms with E-state index < -0.39 is 0 Å².